The van der Waals surface area contributed by atoms with Gasteiger partial charge in [0.05, 0.1) is 12.3 Å². The lowest BCUT2D eigenvalue weighted by Gasteiger charge is -2.22. The molecule has 2 aliphatic rings. The van der Waals surface area contributed by atoms with Crippen LogP contribution in [0.1, 0.15) is 31.2 Å². The Hall–Kier alpha value is -1.88. The number of aromatic nitrogens is 2. The van der Waals surface area contributed by atoms with Crippen LogP contribution in [-0.2, 0) is 0 Å². The van der Waals surface area contributed by atoms with Crippen molar-refractivity contribution in [3.8, 4) is 5.75 Å². The molecule has 1 N–H and O–H groups in total. The lowest BCUT2D eigenvalue weighted by atomic mass is 10.0. The summed E-state index contributed by atoms with van der Waals surface area (Å²) < 4.78 is 19.0. The summed E-state index contributed by atoms with van der Waals surface area (Å²) in [5.41, 5.74) is 1.28. The van der Waals surface area contributed by atoms with Crippen LogP contribution in [0, 0.1) is 17.7 Å². The van der Waals surface area contributed by atoms with Crippen LogP contribution in [0.5, 0.6) is 5.75 Å². The van der Waals surface area contributed by atoms with Crippen LogP contribution in [-0.4, -0.2) is 40.8 Å². The van der Waals surface area contributed by atoms with Gasteiger partial charge in [0.15, 0.2) is 0 Å². The van der Waals surface area contributed by atoms with Gasteiger partial charge < -0.3 is 9.64 Å². The van der Waals surface area contributed by atoms with E-state index in [1.807, 2.05) is 12.4 Å². The minimum Gasteiger partial charge on any atom is -0.490 e. The topological polar surface area (TPSA) is 41.1 Å². The van der Waals surface area contributed by atoms with Crippen molar-refractivity contribution in [2.75, 3.05) is 19.6 Å². The van der Waals surface area contributed by atoms with Crippen molar-refractivity contribution in [3.05, 3.63) is 48.0 Å². The highest BCUT2D eigenvalue weighted by molar-refractivity contribution is 5.22. The molecule has 5 heteroatoms. The number of likely N-dealkylation sites (tertiary alicyclic amines) is 1. The molecule has 4 rings (SSSR count). The van der Waals surface area contributed by atoms with Gasteiger partial charge in [0, 0.05) is 25.8 Å². The number of halogens is 1. The molecular formula is C19H24FN3O. The fourth-order valence-corrected chi connectivity index (χ4v) is 4.32. The first-order valence-corrected chi connectivity index (χ1v) is 8.80. The highest BCUT2D eigenvalue weighted by atomic mass is 19.1. The molecule has 4 atom stereocenters. The number of benzene rings is 1. The summed E-state index contributed by atoms with van der Waals surface area (Å²) in [7, 11) is 0. The molecule has 1 saturated carbocycles. The SMILES string of the molecule is CC(CN1C[C@H]2CC(Oc3ccc(F)cc3)C[C@H]2C1)c1cn[nH]c1. The third-order valence-electron chi connectivity index (χ3n) is 5.52. The van der Waals surface area contributed by atoms with Crippen molar-refractivity contribution in [1.29, 1.82) is 0 Å². The Kier molecular flexibility index (Phi) is 4.27. The lowest BCUT2D eigenvalue weighted by Crippen LogP contribution is -2.28. The number of nitrogens with one attached hydrogen (secondary N) is 1. The van der Waals surface area contributed by atoms with Gasteiger partial charge >= 0.3 is 0 Å². The van der Waals surface area contributed by atoms with E-state index in [0.29, 0.717) is 5.92 Å². The molecular weight excluding hydrogens is 305 g/mol. The van der Waals surface area contributed by atoms with E-state index in [-0.39, 0.29) is 11.9 Å². The van der Waals surface area contributed by atoms with Crippen LogP contribution in [0.3, 0.4) is 0 Å². The van der Waals surface area contributed by atoms with E-state index in [1.54, 1.807) is 12.1 Å². The molecule has 0 radical (unpaired) electrons. The molecule has 2 unspecified atom stereocenters. The van der Waals surface area contributed by atoms with E-state index in [2.05, 4.69) is 22.0 Å². The minimum atomic E-state index is -0.215. The number of H-pyrrole nitrogens is 1. The van der Waals surface area contributed by atoms with Crippen LogP contribution in [0.25, 0.3) is 0 Å². The lowest BCUT2D eigenvalue weighted by molar-refractivity contribution is 0.184. The van der Waals surface area contributed by atoms with Gasteiger partial charge in [-0.15, -0.1) is 0 Å². The van der Waals surface area contributed by atoms with Gasteiger partial charge in [-0.1, -0.05) is 6.92 Å². The molecule has 128 valence electrons. The molecule has 1 saturated heterocycles. The Balaban J connectivity index is 1.28. The van der Waals surface area contributed by atoms with E-state index in [9.17, 15) is 4.39 Å². The highest BCUT2D eigenvalue weighted by Gasteiger charge is 2.41. The monoisotopic (exact) mass is 329 g/mol. The number of hydrogen-bond acceptors (Lipinski definition) is 3. The second-order valence-corrected chi connectivity index (χ2v) is 7.34. The molecule has 0 spiro atoms. The van der Waals surface area contributed by atoms with Gasteiger partial charge in [0.2, 0.25) is 0 Å². The molecule has 1 aromatic heterocycles. The summed E-state index contributed by atoms with van der Waals surface area (Å²) in [4.78, 5) is 2.58. The van der Waals surface area contributed by atoms with Crippen LogP contribution in [0.4, 0.5) is 4.39 Å². The number of hydrogen-bond donors (Lipinski definition) is 1. The maximum absolute atomic E-state index is 13.0. The van der Waals surface area contributed by atoms with Crippen LogP contribution in [0.2, 0.25) is 0 Å². The van der Waals surface area contributed by atoms with Crippen LogP contribution >= 0.6 is 0 Å². The fourth-order valence-electron chi connectivity index (χ4n) is 4.32. The first kappa shape index (κ1) is 15.6. The summed E-state index contributed by atoms with van der Waals surface area (Å²) in [6.07, 6.45) is 6.42. The Morgan fingerprint density at radius 3 is 2.58 bits per heavy atom. The number of rotatable bonds is 5. The van der Waals surface area contributed by atoms with E-state index < -0.39 is 0 Å². The van der Waals surface area contributed by atoms with Gasteiger partial charge in [-0.3, -0.25) is 5.10 Å². The van der Waals surface area contributed by atoms with Gasteiger partial charge in [-0.05, 0) is 60.4 Å². The Morgan fingerprint density at radius 1 is 1.25 bits per heavy atom. The summed E-state index contributed by atoms with van der Waals surface area (Å²) in [5, 5.41) is 6.95. The van der Waals surface area contributed by atoms with Crippen molar-refractivity contribution in [3.63, 3.8) is 0 Å². The molecule has 0 bridgehead atoms. The quantitative estimate of drug-likeness (QED) is 0.913. The van der Waals surface area contributed by atoms with Crippen LogP contribution < -0.4 is 4.74 Å². The molecule has 1 aromatic carbocycles. The fraction of sp³-hybridized carbons (Fsp3) is 0.526. The molecule has 1 aliphatic carbocycles. The molecule has 2 fully saturated rings. The van der Waals surface area contributed by atoms with Gasteiger partial charge in [-0.2, -0.15) is 5.10 Å². The predicted octanol–water partition coefficient (Wildman–Crippen LogP) is 3.44. The predicted molar refractivity (Wildman–Crippen MR) is 90.5 cm³/mol. The highest BCUT2D eigenvalue weighted by Crippen LogP contribution is 2.40. The molecule has 2 heterocycles. The van der Waals surface area contributed by atoms with Gasteiger partial charge in [-0.25, -0.2) is 4.39 Å². The standard InChI is InChI=1S/C19H24FN3O/c1-13(16-8-21-22-9-16)10-23-11-14-6-19(7-15(14)12-23)24-18-4-2-17(20)3-5-18/h2-5,8-9,13-15,19H,6-7,10-12H2,1H3,(H,21,22)/t13?,14-,15+,19?. The molecule has 1 aliphatic heterocycles. The van der Waals surface area contributed by atoms with Gasteiger partial charge in [0.1, 0.15) is 11.6 Å². The first-order chi connectivity index (χ1) is 11.7. The van der Waals surface area contributed by atoms with Gasteiger partial charge in [0.25, 0.3) is 0 Å². The molecule has 24 heavy (non-hydrogen) atoms. The van der Waals surface area contributed by atoms with Crippen molar-refractivity contribution < 1.29 is 9.13 Å². The van der Waals surface area contributed by atoms with Crippen LogP contribution in [0.15, 0.2) is 36.7 Å². The third kappa shape index (κ3) is 3.31. The zero-order chi connectivity index (χ0) is 16.5. The average Bonchev–Trinajstić information content (AvgIpc) is 3.25. The zero-order valence-corrected chi connectivity index (χ0v) is 14.0. The Bertz CT molecular complexity index is 644. The molecule has 2 aromatic rings. The first-order valence-electron chi connectivity index (χ1n) is 8.80. The Morgan fingerprint density at radius 2 is 1.96 bits per heavy atom. The van der Waals surface area contributed by atoms with Crippen molar-refractivity contribution in [1.82, 2.24) is 15.1 Å². The molecule has 0 amide bonds. The number of aromatic amines is 1. The van der Waals surface area contributed by atoms with E-state index >= 15 is 0 Å². The molecule has 4 nitrogen and oxygen atoms in total. The number of nitrogens with zero attached hydrogens (tertiary/aromatic N) is 2. The Labute approximate surface area is 142 Å². The second-order valence-electron chi connectivity index (χ2n) is 7.34. The zero-order valence-electron chi connectivity index (χ0n) is 14.0. The summed E-state index contributed by atoms with van der Waals surface area (Å²) in [6.45, 7) is 5.68. The number of fused-ring (bicyclic) bond motifs is 1. The smallest absolute Gasteiger partial charge is 0.123 e. The summed E-state index contributed by atoms with van der Waals surface area (Å²) in [6, 6.07) is 6.37. The summed E-state index contributed by atoms with van der Waals surface area (Å²) >= 11 is 0. The third-order valence-corrected chi connectivity index (χ3v) is 5.52. The average molecular weight is 329 g/mol. The van der Waals surface area contributed by atoms with Crippen molar-refractivity contribution >= 4 is 0 Å². The normalized spacial score (nSPS) is 28.0. The van der Waals surface area contributed by atoms with E-state index in [0.717, 1.165) is 50.1 Å². The summed E-state index contributed by atoms with van der Waals surface area (Å²) in [5.74, 6) is 2.53. The maximum atomic E-state index is 13.0. The van der Waals surface area contributed by atoms with E-state index in [4.69, 9.17) is 4.74 Å². The maximum Gasteiger partial charge on any atom is 0.123 e. The van der Waals surface area contributed by atoms with Crippen molar-refractivity contribution in [2.24, 2.45) is 11.8 Å². The number of ether oxygens (including phenoxy) is 1. The second kappa shape index (κ2) is 6.55. The van der Waals surface area contributed by atoms with Crippen molar-refractivity contribution in [2.45, 2.75) is 31.8 Å². The minimum absolute atomic E-state index is 0.215. The largest absolute Gasteiger partial charge is 0.490 e. The van der Waals surface area contributed by atoms with E-state index in [1.165, 1.54) is 17.7 Å².